The third kappa shape index (κ3) is 2.85. The monoisotopic (exact) mass is 283 g/mol. The molecule has 0 saturated carbocycles. The Morgan fingerprint density at radius 2 is 2.00 bits per heavy atom. The van der Waals surface area contributed by atoms with E-state index in [9.17, 15) is 4.39 Å². The molecule has 0 fully saturated rings. The number of aryl methyl sites for hydroxylation is 2. The summed E-state index contributed by atoms with van der Waals surface area (Å²) in [5, 5.41) is 3.79. The second kappa shape index (κ2) is 5.29. The molecule has 1 N–H and O–H groups in total. The van der Waals surface area contributed by atoms with Gasteiger partial charge in [-0.25, -0.2) is 4.39 Å². The predicted octanol–water partition coefficient (Wildman–Crippen LogP) is 5.33. The fourth-order valence-electron chi connectivity index (χ4n) is 2.00. The Bertz CT molecular complexity index is 565. The Morgan fingerprint density at radius 3 is 2.61 bits per heavy atom. The van der Waals surface area contributed by atoms with Crippen LogP contribution in [0.5, 0.6) is 0 Å². The maximum Gasteiger partial charge on any atom is 0.125 e. The third-order valence-corrected chi connectivity index (χ3v) is 4.16. The van der Waals surface area contributed by atoms with Crippen molar-refractivity contribution in [3.63, 3.8) is 0 Å². The predicted molar refractivity (Wildman–Crippen MR) is 77.2 cm³/mol. The van der Waals surface area contributed by atoms with Gasteiger partial charge in [0.15, 0.2) is 0 Å². The van der Waals surface area contributed by atoms with Crippen molar-refractivity contribution in [1.82, 2.24) is 0 Å². The highest BCUT2D eigenvalue weighted by molar-refractivity contribution is 7.12. The van der Waals surface area contributed by atoms with Crippen LogP contribution in [0.1, 0.15) is 28.3 Å². The van der Waals surface area contributed by atoms with Gasteiger partial charge in [-0.3, -0.25) is 0 Å². The van der Waals surface area contributed by atoms with Gasteiger partial charge >= 0.3 is 0 Å². The lowest BCUT2D eigenvalue weighted by Crippen LogP contribution is -2.07. The van der Waals surface area contributed by atoms with Gasteiger partial charge in [-0.15, -0.1) is 11.3 Å². The minimum absolute atomic E-state index is 0.106. The van der Waals surface area contributed by atoms with E-state index in [1.807, 2.05) is 0 Å². The van der Waals surface area contributed by atoms with Crippen molar-refractivity contribution in [2.75, 3.05) is 5.32 Å². The van der Waals surface area contributed by atoms with E-state index in [4.69, 9.17) is 11.6 Å². The largest absolute Gasteiger partial charge is 0.377 e. The highest BCUT2D eigenvalue weighted by atomic mass is 35.5. The van der Waals surface area contributed by atoms with E-state index < -0.39 is 0 Å². The van der Waals surface area contributed by atoms with Gasteiger partial charge in [-0.1, -0.05) is 11.6 Å². The lowest BCUT2D eigenvalue weighted by molar-refractivity contribution is 0.628. The van der Waals surface area contributed by atoms with Gasteiger partial charge in [0.25, 0.3) is 0 Å². The van der Waals surface area contributed by atoms with Crippen molar-refractivity contribution in [3.05, 3.63) is 50.4 Å². The molecule has 0 aliphatic carbocycles. The molecule has 1 nitrogen and oxygen atoms in total. The maximum atomic E-state index is 13.2. The Kier molecular flexibility index (Phi) is 3.93. The Balaban J connectivity index is 2.23. The van der Waals surface area contributed by atoms with Crippen molar-refractivity contribution >= 4 is 28.6 Å². The summed E-state index contributed by atoms with van der Waals surface area (Å²) in [4.78, 5) is 2.56. The molecular weight excluding hydrogens is 269 g/mol. The van der Waals surface area contributed by atoms with Crippen molar-refractivity contribution < 1.29 is 4.39 Å². The Morgan fingerprint density at radius 1 is 1.28 bits per heavy atom. The van der Waals surface area contributed by atoms with Gasteiger partial charge in [0.05, 0.1) is 10.7 Å². The molecule has 0 amide bonds. The van der Waals surface area contributed by atoms with Gasteiger partial charge in [0.2, 0.25) is 0 Å². The second-order valence-corrected chi connectivity index (χ2v) is 6.23. The highest BCUT2D eigenvalue weighted by Crippen LogP contribution is 2.31. The van der Waals surface area contributed by atoms with Crippen molar-refractivity contribution in [2.24, 2.45) is 0 Å². The number of hydrogen-bond donors (Lipinski definition) is 1. The molecule has 1 heterocycles. The zero-order chi connectivity index (χ0) is 13.3. The average Bonchev–Trinajstić information content (AvgIpc) is 2.63. The molecule has 0 saturated heterocycles. The summed E-state index contributed by atoms with van der Waals surface area (Å²) in [6.07, 6.45) is 0. The van der Waals surface area contributed by atoms with Crippen LogP contribution in [0.25, 0.3) is 0 Å². The van der Waals surface area contributed by atoms with E-state index >= 15 is 0 Å². The lowest BCUT2D eigenvalue weighted by Gasteiger charge is -2.16. The summed E-state index contributed by atoms with van der Waals surface area (Å²) in [6, 6.07) is 6.61. The third-order valence-electron chi connectivity index (χ3n) is 2.85. The van der Waals surface area contributed by atoms with Gasteiger partial charge in [-0.05, 0) is 50.6 Å². The first-order chi connectivity index (χ1) is 8.47. The highest BCUT2D eigenvalue weighted by Gasteiger charge is 2.12. The Hall–Kier alpha value is -1.06. The fraction of sp³-hybridized carbons (Fsp3) is 0.286. The van der Waals surface area contributed by atoms with Crippen LogP contribution >= 0.6 is 22.9 Å². The number of nitrogens with one attached hydrogen (secondary N) is 1. The van der Waals surface area contributed by atoms with Crippen LogP contribution in [0.4, 0.5) is 10.1 Å². The minimum atomic E-state index is -0.285. The molecule has 18 heavy (non-hydrogen) atoms. The van der Waals surface area contributed by atoms with Crippen molar-refractivity contribution in [3.8, 4) is 0 Å². The molecule has 1 aromatic heterocycles. The van der Waals surface area contributed by atoms with Gasteiger partial charge in [0, 0.05) is 15.8 Å². The van der Waals surface area contributed by atoms with E-state index in [1.54, 1.807) is 17.4 Å². The van der Waals surface area contributed by atoms with Crippen LogP contribution in [0.3, 0.4) is 0 Å². The van der Waals surface area contributed by atoms with E-state index in [-0.39, 0.29) is 11.9 Å². The molecule has 0 spiro atoms. The molecule has 2 aromatic rings. The second-order valence-electron chi connectivity index (χ2n) is 4.36. The van der Waals surface area contributed by atoms with Crippen molar-refractivity contribution in [1.29, 1.82) is 0 Å². The average molecular weight is 284 g/mol. The molecule has 1 aromatic carbocycles. The molecule has 0 aliphatic rings. The number of rotatable bonds is 3. The normalized spacial score (nSPS) is 12.5. The standard InChI is InChI=1S/C14H15ClFNS/c1-8-6-12(10(3)18-8)9(2)17-14-7-11(16)4-5-13(14)15/h4-7,9,17H,1-3H3. The van der Waals surface area contributed by atoms with Crippen LogP contribution in [-0.4, -0.2) is 0 Å². The number of halogens is 2. The summed E-state index contributed by atoms with van der Waals surface area (Å²) in [6.45, 7) is 6.23. The first-order valence-electron chi connectivity index (χ1n) is 5.76. The van der Waals surface area contributed by atoms with E-state index in [0.29, 0.717) is 10.7 Å². The molecule has 96 valence electrons. The molecule has 0 bridgehead atoms. The van der Waals surface area contributed by atoms with Crippen LogP contribution in [0, 0.1) is 19.7 Å². The van der Waals surface area contributed by atoms with E-state index in [0.717, 1.165) is 0 Å². The first-order valence-corrected chi connectivity index (χ1v) is 6.95. The van der Waals surface area contributed by atoms with Crippen molar-refractivity contribution in [2.45, 2.75) is 26.8 Å². The molecule has 0 radical (unpaired) electrons. The molecule has 2 rings (SSSR count). The summed E-state index contributed by atoms with van der Waals surface area (Å²) in [5.74, 6) is -0.285. The first kappa shape index (κ1) is 13.4. The molecule has 1 atom stereocenters. The SMILES string of the molecule is Cc1cc(C(C)Nc2cc(F)ccc2Cl)c(C)s1. The number of anilines is 1. The number of hydrogen-bond acceptors (Lipinski definition) is 2. The zero-order valence-electron chi connectivity index (χ0n) is 10.6. The topological polar surface area (TPSA) is 12.0 Å². The Labute approximate surface area is 116 Å². The van der Waals surface area contributed by atoms with Gasteiger partial charge in [0.1, 0.15) is 5.82 Å². The molecule has 1 unspecified atom stereocenters. The molecular formula is C14H15ClFNS. The molecule has 4 heteroatoms. The zero-order valence-corrected chi connectivity index (χ0v) is 12.1. The summed E-state index contributed by atoms with van der Waals surface area (Å²) in [7, 11) is 0. The molecule has 0 aliphatic heterocycles. The van der Waals surface area contributed by atoms with Gasteiger partial charge < -0.3 is 5.32 Å². The minimum Gasteiger partial charge on any atom is -0.377 e. The number of thiophene rings is 1. The van der Waals surface area contributed by atoms with Crippen LogP contribution in [-0.2, 0) is 0 Å². The van der Waals surface area contributed by atoms with Crippen LogP contribution in [0.2, 0.25) is 5.02 Å². The maximum absolute atomic E-state index is 13.2. The van der Waals surface area contributed by atoms with Crippen LogP contribution in [0.15, 0.2) is 24.3 Å². The van der Waals surface area contributed by atoms with Gasteiger partial charge in [-0.2, -0.15) is 0 Å². The smallest absolute Gasteiger partial charge is 0.125 e. The van der Waals surface area contributed by atoms with E-state index in [2.05, 4.69) is 32.2 Å². The summed E-state index contributed by atoms with van der Waals surface area (Å²) in [5.41, 5.74) is 1.87. The number of benzene rings is 1. The quantitative estimate of drug-likeness (QED) is 0.803. The summed E-state index contributed by atoms with van der Waals surface area (Å²) < 4.78 is 13.2. The fourth-order valence-corrected chi connectivity index (χ4v) is 3.19. The lowest BCUT2D eigenvalue weighted by atomic mass is 10.1. The summed E-state index contributed by atoms with van der Waals surface area (Å²) >= 11 is 7.81. The van der Waals surface area contributed by atoms with Crippen LogP contribution < -0.4 is 5.32 Å². The van der Waals surface area contributed by atoms with E-state index in [1.165, 1.54) is 27.5 Å².